The standard InChI is InChI=1S/C13H18O4/c1-15-11-4-3-9(7-12(11)16-2)13-10(8-14)5-6-17-13/h3-4,7,10,13-14H,5-6,8H2,1-2H3. The Morgan fingerprint density at radius 3 is 2.71 bits per heavy atom. The minimum absolute atomic E-state index is 0.0418. The van der Waals surface area contributed by atoms with E-state index in [1.807, 2.05) is 18.2 Å². The average Bonchev–Trinajstić information content (AvgIpc) is 2.86. The lowest BCUT2D eigenvalue weighted by Gasteiger charge is -2.18. The molecule has 0 radical (unpaired) electrons. The van der Waals surface area contributed by atoms with E-state index in [9.17, 15) is 5.11 Å². The molecular weight excluding hydrogens is 220 g/mol. The van der Waals surface area contributed by atoms with Gasteiger partial charge in [0.1, 0.15) is 0 Å². The van der Waals surface area contributed by atoms with E-state index in [-0.39, 0.29) is 18.6 Å². The molecule has 0 saturated carbocycles. The topological polar surface area (TPSA) is 47.9 Å². The quantitative estimate of drug-likeness (QED) is 0.868. The van der Waals surface area contributed by atoms with Gasteiger partial charge in [0.05, 0.1) is 20.3 Å². The summed E-state index contributed by atoms with van der Waals surface area (Å²) in [6, 6.07) is 5.74. The summed E-state index contributed by atoms with van der Waals surface area (Å²) in [7, 11) is 3.22. The van der Waals surface area contributed by atoms with Crippen molar-refractivity contribution in [3.8, 4) is 11.5 Å². The highest BCUT2D eigenvalue weighted by molar-refractivity contribution is 5.43. The van der Waals surface area contributed by atoms with Crippen molar-refractivity contribution in [1.82, 2.24) is 0 Å². The van der Waals surface area contributed by atoms with Crippen LogP contribution in [0.25, 0.3) is 0 Å². The number of ether oxygens (including phenoxy) is 3. The molecular formula is C13H18O4. The molecule has 1 saturated heterocycles. The SMILES string of the molecule is COc1ccc(C2OCCC2CO)cc1OC. The molecule has 1 N–H and O–H groups in total. The van der Waals surface area contributed by atoms with Crippen molar-refractivity contribution in [3.05, 3.63) is 23.8 Å². The van der Waals surface area contributed by atoms with E-state index in [2.05, 4.69) is 0 Å². The number of aliphatic hydroxyl groups excluding tert-OH is 1. The molecule has 2 atom stereocenters. The maximum atomic E-state index is 9.29. The molecule has 0 amide bonds. The summed E-state index contributed by atoms with van der Waals surface area (Å²) in [5.41, 5.74) is 1.03. The van der Waals surface area contributed by atoms with Crippen molar-refractivity contribution >= 4 is 0 Å². The zero-order chi connectivity index (χ0) is 12.3. The van der Waals surface area contributed by atoms with Crippen molar-refractivity contribution in [1.29, 1.82) is 0 Å². The summed E-state index contributed by atoms with van der Waals surface area (Å²) in [6.45, 7) is 0.850. The molecule has 1 heterocycles. The van der Waals surface area contributed by atoms with Gasteiger partial charge in [-0.1, -0.05) is 6.07 Å². The predicted octanol–water partition coefficient (Wildman–Crippen LogP) is 1.77. The molecule has 2 rings (SSSR count). The van der Waals surface area contributed by atoms with Crippen molar-refractivity contribution in [2.45, 2.75) is 12.5 Å². The van der Waals surface area contributed by atoms with E-state index in [4.69, 9.17) is 14.2 Å². The molecule has 4 nitrogen and oxygen atoms in total. The summed E-state index contributed by atoms with van der Waals surface area (Å²) in [5, 5.41) is 9.29. The van der Waals surface area contributed by atoms with Crippen LogP contribution in [0, 0.1) is 5.92 Å². The highest BCUT2D eigenvalue weighted by Crippen LogP contribution is 2.38. The first-order chi connectivity index (χ1) is 8.30. The second kappa shape index (κ2) is 5.38. The number of hydrogen-bond donors (Lipinski definition) is 1. The van der Waals surface area contributed by atoms with Crippen molar-refractivity contribution in [3.63, 3.8) is 0 Å². The molecule has 0 bridgehead atoms. The van der Waals surface area contributed by atoms with Crippen LogP contribution in [0.4, 0.5) is 0 Å². The third-order valence-corrected chi connectivity index (χ3v) is 3.18. The molecule has 0 spiro atoms. The third kappa shape index (κ3) is 2.37. The zero-order valence-electron chi connectivity index (χ0n) is 10.2. The van der Waals surface area contributed by atoms with Gasteiger partial charge in [0.15, 0.2) is 11.5 Å². The Hall–Kier alpha value is -1.26. The van der Waals surface area contributed by atoms with Gasteiger partial charge in [-0.05, 0) is 24.1 Å². The molecule has 4 heteroatoms. The van der Waals surface area contributed by atoms with Gasteiger partial charge < -0.3 is 19.3 Å². The van der Waals surface area contributed by atoms with Crippen LogP contribution in [0.15, 0.2) is 18.2 Å². The molecule has 1 aromatic carbocycles. The summed E-state index contributed by atoms with van der Waals surface area (Å²) in [4.78, 5) is 0. The fourth-order valence-corrected chi connectivity index (χ4v) is 2.22. The Morgan fingerprint density at radius 2 is 2.06 bits per heavy atom. The van der Waals surface area contributed by atoms with Crippen LogP contribution < -0.4 is 9.47 Å². The van der Waals surface area contributed by atoms with Crippen molar-refractivity contribution in [2.24, 2.45) is 5.92 Å². The fourth-order valence-electron chi connectivity index (χ4n) is 2.22. The van der Waals surface area contributed by atoms with Crippen LogP contribution >= 0.6 is 0 Å². The number of rotatable bonds is 4. The average molecular weight is 238 g/mol. The van der Waals surface area contributed by atoms with Crippen LogP contribution in [0.3, 0.4) is 0 Å². The lowest BCUT2D eigenvalue weighted by Crippen LogP contribution is -2.11. The van der Waals surface area contributed by atoms with Gasteiger partial charge >= 0.3 is 0 Å². The van der Waals surface area contributed by atoms with Crippen LogP contribution in [0.1, 0.15) is 18.1 Å². The Kier molecular flexibility index (Phi) is 3.86. The Balaban J connectivity index is 2.26. The normalized spacial score (nSPS) is 23.7. The van der Waals surface area contributed by atoms with Gasteiger partial charge in [0.25, 0.3) is 0 Å². The van der Waals surface area contributed by atoms with Crippen LogP contribution in [0.2, 0.25) is 0 Å². The van der Waals surface area contributed by atoms with Crippen molar-refractivity contribution < 1.29 is 19.3 Å². The Morgan fingerprint density at radius 1 is 1.29 bits per heavy atom. The second-order valence-electron chi connectivity index (χ2n) is 4.14. The first-order valence-corrected chi connectivity index (χ1v) is 5.74. The number of benzene rings is 1. The van der Waals surface area contributed by atoms with E-state index in [1.54, 1.807) is 14.2 Å². The largest absolute Gasteiger partial charge is 0.493 e. The fraction of sp³-hybridized carbons (Fsp3) is 0.538. The van der Waals surface area contributed by atoms with Gasteiger partial charge in [0.2, 0.25) is 0 Å². The molecule has 1 aliphatic heterocycles. The van der Waals surface area contributed by atoms with Gasteiger partial charge in [-0.3, -0.25) is 0 Å². The summed E-state index contributed by atoms with van der Waals surface area (Å²) >= 11 is 0. The van der Waals surface area contributed by atoms with Crippen LogP contribution in [-0.4, -0.2) is 32.5 Å². The van der Waals surface area contributed by atoms with E-state index < -0.39 is 0 Å². The molecule has 1 aliphatic rings. The van der Waals surface area contributed by atoms with Gasteiger partial charge in [-0.2, -0.15) is 0 Å². The number of aliphatic hydroxyl groups is 1. The minimum atomic E-state index is -0.0418. The van der Waals surface area contributed by atoms with E-state index >= 15 is 0 Å². The number of hydrogen-bond acceptors (Lipinski definition) is 4. The number of methoxy groups -OCH3 is 2. The monoisotopic (exact) mass is 238 g/mol. The smallest absolute Gasteiger partial charge is 0.161 e. The van der Waals surface area contributed by atoms with Gasteiger partial charge in [-0.25, -0.2) is 0 Å². The zero-order valence-corrected chi connectivity index (χ0v) is 10.2. The highest BCUT2D eigenvalue weighted by atomic mass is 16.5. The lowest BCUT2D eigenvalue weighted by atomic mass is 9.96. The van der Waals surface area contributed by atoms with Crippen molar-refractivity contribution in [2.75, 3.05) is 27.4 Å². The Labute approximate surface area is 101 Å². The van der Waals surface area contributed by atoms with E-state index in [0.29, 0.717) is 18.1 Å². The molecule has 1 aromatic rings. The predicted molar refractivity (Wildman–Crippen MR) is 63.4 cm³/mol. The summed E-state index contributed by atoms with van der Waals surface area (Å²) < 4.78 is 16.1. The van der Waals surface area contributed by atoms with E-state index in [0.717, 1.165) is 12.0 Å². The van der Waals surface area contributed by atoms with E-state index in [1.165, 1.54) is 0 Å². The molecule has 2 unspecified atom stereocenters. The maximum Gasteiger partial charge on any atom is 0.161 e. The molecule has 0 aromatic heterocycles. The van der Waals surface area contributed by atoms with Gasteiger partial charge in [0, 0.05) is 19.1 Å². The second-order valence-corrected chi connectivity index (χ2v) is 4.14. The third-order valence-electron chi connectivity index (χ3n) is 3.18. The molecule has 94 valence electrons. The first kappa shape index (κ1) is 12.2. The Bertz CT molecular complexity index is 378. The van der Waals surface area contributed by atoms with Crippen LogP contribution in [0.5, 0.6) is 11.5 Å². The molecule has 1 fully saturated rings. The highest BCUT2D eigenvalue weighted by Gasteiger charge is 2.29. The summed E-state index contributed by atoms with van der Waals surface area (Å²) in [6.07, 6.45) is 0.856. The first-order valence-electron chi connectivity index (χ1n) is 5.74. The maximum absolute atomic E-state index is 9.29. The lowest BCUT2D eigenvalue weighted by molar-refractivity contribution is 0.0718. The molecule has 17 heavy (non-hydrogen) atoms. The minimum Gasteiger partial charge on any atom is -0.493 e. The van der Waals surface area contributed by atoms with Crippen LogP contribution in [-0.2, 0) is 4.74 Å². The molecule has 0 aliphatic carbocycles. The van der Waals surface area contributed by atoms with Gasteiger partial charge in [-0.15, -0.1) is 0 Å². The summed E-state index contributed by atoms with van der Waals surface area (Å²) in [5.74, 6) is 1.57.